The summed E-state index contributed by atoms with van der Waals surface area (Å²) >= 11 is 0. The minimum Gasteiger partial charge on any atom is -0.328 e. The van der Waals surface area contributed by atoms with E-state index in [0.29, 0.717) is 6.54 Å². The minimum atomic E-state index is 0.134. The molecule has 1 atom stereocenters. The molecule has 3 heteroatoms. The molecular formula is C16H23N3. The number of rotatable bonds is 5. The third-order valence-electron chi connectivity index (χ3n) is 3.53. The summed E-state index contributed by atoms with van der Waals surface area (Å²) in [6.07, 6.45) is 1.94. The van der Waals surface area contributed by atoms with Crippen LogP contribution in [0, 0.1) is 6.92 Å². The van der Waals surface area contributed by atoms with Crippen molar-refractivity contribution in [2.75, 3.05) is 6.54 Å². The first-order valence-electron chi connectivity index (χ1n) is 7.03. The van der Waals surface area contributed by atoms with Crippen LogP contribution in [0.3, 0.4) is 0 Å². The van der Waals surface area contributed by atoms with Crippen LogP contribution in [0.25, 0.3) is 0 Å². The molecule has 1 heterocycles. The zero-order valence-electron chi connectivity index (χ0n) is 12.1. The second kappa shape index (κ2) is 6.02. The Hall–Kier alpha value is -1.61. The highest BCUT2D eigenvalue weighted by Gasteiger charge is 2.16. The summed E-state index contributed by atoms with van der Waals surface area (Å²) < 4.78 is 2.10. The number of hydrogen-bond acceptors (Lipinski definition) is 2. The summed E-state index contributed by atoms with van der Waals surface area (Å²) in [6.45, 7) is 6.98. The van der Waals surface area contributed by atoms with Crippen molar-refractivity contribution in [2.24, 2.45) is 5.73 Å². The molecule has 1 aromatic heterocycles. The van der Waals surface area contributed by atoms with Crippen LogP contribution in [-0.4, -0.2) is 16.3 Å². The van der Waals surface area contributed by atoms with Crippen LogP contribution in [-0.2, 0) is 12.8 Å². The van der Waals surface area contributed by atoms with Gasteiger partial charge < -0.3 is 5.73 Å². The van der Waals surface area contributed by atoms with Crippen molar-refractivity contribution in [3.8, 4) is 0 Å². The van der Waals surface area contributed by atoms with Gasteiger partial charge in [0.2, 0.25) is 0 Å². The molecule has 0 amide bonds. The molecule has 0 saturated heterocycles. The van der Waals surface area contributed by atoms with Crippen LogP contribution in [0.4, 0.5) is 0 Å². The third kappa shape index (κ3) is 2.87. The Labute approximate surface area is 115 Å². The molecule has 0 fully saturated rings. The van der Waals surface area contributed by atoms with Gasteiger partial charge in [-0.05, 0) is 31.4 Å². The molecule has 0 aliphatic rings. The van der Waals surface area contributed by atoms with Gasteiger partial charge in [0.05, 0.1) is 11.7 Å². The highest BCUT2D eigenvalue weighted by molar-refractivity contribution is 5.27. The summed E-state index contributed by atoms with van der Waals surface area (Å²) in [4.78, 5) is 0. The minimum absolute atomic E-state index is 0.134. The van der Waals surface area contributed by atoms with Gasteiger partial charge in [-0.2, -0.15) is 5.10 Å². The van der Waals surface area contributed by atoms with Crippen molar-refractivity contribution in [3.63, 3.8) is 0 Å². The maximum Gasteiger partial charge on any atom is 0.0893 e. The van der Waals surface area contributed by atoms with Gasteiger partial charge in [0.1, 0.15) is 0 Å². The van der Waals surface area contributed by atoms with Crippen molar-refractivity contribution in [2.45, 2.75) is 39.7 Å². The largest absolute Gasteiger partial charge is 0.328 e. The molecule has 0 aliphatic heterocycles. The standard InChI is InChI=1S/C16H23N3/c1-4-14-10-15(5-2)19(18-14)16(11-17)13-8-6-7-12(3)9-13/h6-10,16H,4-5,11,17H2,1-3H3. The topological polar surface area (TPSA) is 43.8 Å². The quantitative estimate of drug-likeness (QED) is 0.895. The Bertz CT molecular complexity index is 543. The first kappa shape index (κ1) is 13.8. The van der Waals surface area contributed by atoms with Gasteiger partial charge in [-0.1, -0.05) is 43.7 Å². The van der Waals surface area contributed by atoms with Gasteiger partial charge in [0, 0.05) is 12.2 Å². The van der Waals surface area contributed by atoms with Crippen LogP contribution in [0.5, 0.6) is 0 Å². The summed E-state index contributed by atoms with van der Waals surface area (Å²) in [5, 5.41) is 4.71. The zero-order valence-corrected chi connectivity index (χ0v) is 12.1. The van der Waals surface area contributed by atoms with E-state index >= 15 is 0 Å². The molecule has 19 heavy (non-hydrogen) atoms. The summed E-state index contributed by atoms with van der Waals surface area (Å²) in [6, 6.07) is 10.9. The molecule has 1 aromatic carbocycles. The third-order valence-corrected chi connectivity index (χ3v) is 3.53. The lowest BCUT2D eigenvalue weighted by Crippen LogP contribution is -2.23. The molecule has 2 aromatic rings. The van der Waals surface area contributed by atoms with Gasteiger partial charge in [0.15, 0.2) is 0 Å². The number of hydrogen-bond donors (Lipinski definition) is 1. The van der Waals surface area contributed by atoms with Crippen LogP contribution >= 0.6 is 0 Å². The molecule has 102 valence electrons. The highest BCUT2D eigenvalue weighted by atomic mass is 15.3. The second-order valence-corrected chi connectivity index (χ2v) is 4.94. The predicted molar refractivity (Wildman–Crippen MR) is 79.4 cm³/mol. The van der Waals surface area contributed by atoms with E-state index in [1.807, 2.05) is 0 Å². The lowest BCUT2D eigenvalue weighted by molar-refractivity contribution is 0.508. The SMILES string of the molecule is CCc1cc(CC)n(C(CN)c2cccc(C)c2)n1. The second-order valence-electron chi connectivity index (χ2n) is 4.94. The van der Waals surface area contributed by atoms with Gasteiger partial charge >= 0.3 is 0 Å². The van der Waals surface area contributed by atoms with Crippen molar-refractivity contribution < 1.29 is 0 Å². The van der Waals surface area contributed by atoms with Gasteiger partial charge in [-0.3, -0.25) is 4.68 Å². The van der Waals surface area contributed by atoms with Crippen molar-refractivity contribution >= 4 is 0 Å². The first-order chi connectivity index (χ1) is 9.19. The summed E-state index contributed by atoms with van der Waals surface area (Å²) in [5.74, 6) is 0. The van der Waals surface area contributed by atoms with Crippen molar-refractivity contribution in [3.05, 3.63) is 52.8 Å². The number of benzene rings is 1. The average molecular weight is 257 g/mol. The molecule has 2 rings (SSSR count). The summed E-state index contributed by atoms with van der Waals surface area (Å²) in [7, 11) is 0. The van der Waals surface area contributed by atoms with Crippen LogP contribution in [0.15, 0.2) is 30.3 Å². The molecule has 0 bridgehead atoms. The number of nitrogens with zero attached hydrogens (tertiary/aromatic N) is 2. The smallest absolute Gasteiger partial charge is 0.0893 e. The number of nitrogens with two attached hydrogens (primary N) is 1. The van der Waals surface area contributed by atoms with Crippen LogP contribution in [0.1, 0.15) is 42.4 Å². The Kier molecular flexibility index (Phi) is 4.38. The van der Waals surface area contributed by atoms with E-state index in [1.54, 1.807) is 0 Å². The first-order valence-corrected chi connectivity index (χ1v) is 7.03. The Morgan fingerprint density at radius 3 is 2.58 bits per heavy atom. The fourth-order valence-electron chi connectivity index (χ4n) is 2.45. The van der Waals surface area contributed by atoms with E-state index in [1.165, 1.54) is 16.8 Å². The van der Waals surface area contributed by atoms with E-state index in [0.717, 1.165) is 18.5 Å². The number of aromatic nitrogens is 2. The van der Waals surface area contributed by atoms with E-state index < -0.39 is 0 Å². The maximum atomic E-state index is 6.00. The van der Waals surface area contributed by atoms with E-state index in [-0.39, 0.29) is 6.04 Å². The Balaban J connectivity index is 2.44. The fraction of sp³-hybridized carbons (Fsp3) is 0.438. The Morgan fingerprint density at radius 2 is 2.00 bits per heavy atom. The molecule has 3 nitrogen and oxygen atoms in total. The van der Waals surface area contributed by atoms with Crippen LogP contribution < -0.4 is 5.73 Å². The lowest BCUT2D eigenvalue weighted by Gasteiger charge is -2.19. The van der Waals surface area contributed by atoms with E-state index in [2.05, 4.69) is 55.8 Å². The molecule has 2 N–H and O–H groups in total. The zero-order chi connectivity index (χ0) is 13.8. The van der Waals surface area contributed by atoms with E-state index in [4.69, 9.17) is 10.8 Å². The molecule has 0 spiro atoms. The maximum absolute atomic E-state index is 6.00. The lowest BCUT2D eigenvalue weighted by atomic mass is 10.0. The fourth-order valence-corrected chi connectivity index (χ4v) is 2.45. The van der Waals surface area contributed by atoms with Gasteiger partial charge in [-0.15, -0.1) is 0 Å². The van der Waals surface area contributed by atoms with Crippen molar-refractivity contribution in [1.29, 1.82) is 0 Å². The monoisotopic (exact) mass is 257 g/mol. The molecule has 1 unspecified atom stereocenters. The normalized spacial score (nSPS) is 12.6. The highest BCUT2D eigenvalue weighted by Crippen LogP contribution is 2.21. The van der Waals surface area contributed by atoms with Crippen molar-refractivity contribution in [1.82, 2.24) is 9.78 Å². The Morgan fingerprint density at radius 1 is 1.21 bits per heavy atom. The molecule has 0 radical (unpaired) electrons. The predicted octanol–water partition coefficient (Wildman–Crippen LogP) is 2.86. The van der Waals surface area contributed by atoms with Crippen LogP contribution in [0.2, 0.25) is 0 Å². The molecule has 0 aliphatic carbocycles. The average Bonchev–Trinajstić information content (AvgIpc) is 2.83. The summed E-state index contributed by atoms with van der Waals surface area (Å²) in [5.41, 5.74) is 10.9. The van der Waals surface area contributed by atoms with E-state index in [9.17, 15) is 0 Å². The molecular weight excluding hydrogens is 234 g/mol. The van der Waals surface area contributed by atoms with Gasteiger partial charge in [0.25, 0.3) is 0 Å². The number of aryl methyl sites for hydroxylation is 3. The molecule has 0 saturated carbocycles. The van der Waals surface area contributed by atoms with Gasteiger partial charge in [-0.25, -0.2) is 0 Å².